The van der Waals surface area contributed by atoms with E-state index < -0.39 is 5.97 Å². The maximum Gasteiger partial charge on any atom is 0.379 e. The van der Waals surface area contributed by atoms with Crippen molar-refractivity contribution in [2.24, 2.45) is 5.73 Å². The Kier molecular flexibility index (Phi) is 9.35. The molecular formula is C7H13Cl2N3O3. The van der Waals surface area contributed by atoms with Crippen molar-refractivity contribution >= 4 is 30.8 Å². The summed E-state index contributed by atoms with van der Waals surface area (Å²) < 4.78 is 9.39. The number of nitrogens with two attached hydrogens (primary N) is 1. The number of ether oxygens (including phenoxy) is 1. The maximum atomic E-state index is 11.0. The van der Waals surface area contributed by atoms with Gasteiger partial charge >= 0.3 is 5.97 Å². The fraction of sp³-hybridized carbons (Fsp3) is 0.571. The molecule has 2 N–H and O–H groups in total. The molecule has 0 spiro atoms. The first-order valence-corrected chi connectivity index (χ1v) is 3.97. The Labute approximate surface area is 99.4 Å². The molecule has 0 amide bonds. The number of rotatable bonds is 4. The van der Waals surface area contributed by atoms with Crippen molar-refractivity contribution in [3.63, 3.8) is 0 Å². The van der Waals surface area contributed by atoms with Gasteiger partial charge in [-0.2, -0.15) is 4.98 Å². The summed E-state index contributed by atoms with van der Waals surface area (Å²) in [5.41, 5.74) is 5.26. The van der Waals surface area contributed by atoms with Crippen LogP contribution < -0.4 is 5.73 Å². The highest BCUT2D eigenvalue weighted by molar-refractivity contribution is 5.85. The molecule has 0 fully saturated rings. The Bertz CT molecular complexity index is 293. The van der Waals surface area contributed by atoms with Crippen molar-refractivity contribution in [3.8, 4) is 0 Å². The molecule has 0 atom stereocenters. The summed E-state index contributed by atoms with van der Waals surface area (Å²) in [6.45, 7) is 2.41. The molecule has 1 aromatic rings. The summed E-state index contributed by atoms with van der Waals surface area (Å²) in [5, 5.41) is 3.44. The van der Waals surface area contributed by atoms with Crippen molar-refractivity contribution in [3.05, 3.63) is 11.7 Å². The van der Waals surface area contributed by atoms with Crippen LogP contribution in [0.5, 0.6) is 0 Å². The molecular weight excluding hydrogens is 245 g/mol. The van der Waals surface area contributed by atoms with Crippen molar-refractivity contribution in [1.82, 2.24) is 10.1 Å². The molecule has 0 aliphatic heterocycles. The van der Waals surface area contributed by atoms with E-state index >= 15 is 0 Å². The zero-order valence-corrected chi connectivity index (χ0v) is 9.77. The van der Waals surface area contributed by atoms with Crippen molar-refractivity contribution in [2.45, 2.75) is 13.3 Å². The molecule has 15 heavy (non-hydrogen) atoms. The molecule has 1 heterocycles. The maximum absolute atomic E-state index is 11.0. The summed E-state index contributed by atoms with van der Waals surface area (Å²) in [4.78, 5) is 14.8. The molecule has 0 radical (unpaired) electrons. The molecule has 0 bridgehead atoms. The number of hydrogen-bond donors (Lipinski definition) is 1. The van der Waals surface area contributed by atoms with Gasteiger partial charge in [-0.3, -0.25) is 0 Å². The van der Waals surface area contributed by atoms with Gasteiger partial charge in [0.25, 0.3) is 5.82 Å². The lowest BCUT2D eigenvalue weighted by Gasteiger charge is -1.93. The summed E-state index contributed by atoms with van der Waals surface area (Å²) in [6.07, 6.45) is 0.465. The quantitative estimate of drug-likeness (QED) is 0.795. The molecule has 0 aromatic carbocycles. The number of hydrogen-bond acceptors (Lipinski definition) is 6. The smallest absolute Gasteiger partial charge is 0.379 e. The van der Waals surface area contributed by atoms with Gasteiger partial charge in [0.1, 0.15) is 0 Å². The lowest BCUT2D eigenvalue weighted by Crippen LogP contribution is -2.07. The predicted molar refractivity (Wildman–Crippen MR) is 57.5 cm³/mol. The van der Waals surface area contributed by atoms with Gasteiger partial charge in [0.2, 0.25) is 5.89 Å². The van der Waals surface area contributed by atoms with Crippen LogP contribution in [0.15, 0.2) is 4.52 Å². The SMILES string of the molecule is CCOC(=O)c1noc(CCN)n1.Cl.Cl. The highest BCUT2D eigenvalue weighted by atomic mass is 35.5. The minimum absolute atomic E-state index is 0. The van der Waals surface area contributed by atoms with Crippen molar-refractivity contribution < 1.29 is 14.1 Å². The van der Waals surface area contributed by atoms with Gasteiger partial charge in [-0.25, -0.2) is 4.79 Å². The van der Waals surface area contributed by atoms with E-state index in [2.05, 4.69) is 14.9 Å². The predicted octanol–water partition coefficient (Wildman–Crippen LogP) is 0.591. The summed E-state index contributed by atoms with van der Waals surface area (Å²) in [7, 11) is 0. The summed E-state index contributed by atoms with van der Waals surface area (Å²) >= 11 is 0. The van der Waals surface area contributed by atoms with Gasteiger partial charge in [0.15, 0.2) is 0 Å². The second-order valence-electron chi connectivity index (χ2n) is 2.27. The first-order valence-electron chi connectivity index (χ1n) is 3.97. The number of carbonyl (C=O) groups is 1. The van der Waals surface area contributed by atoms with E-state index in [4.69, 9.17) is 10.3 Å². The summed E-state index contributed by atoms with van der Waals surface area (Å²) in [6, 6.07) is 0. The van der Waals surface area contributed by atoms with Gasteiger partial charge in [-0.05, 0) is 12.1 Å². The number of aromatic nitrogens is 2. The number of halogens is 2. The second kappa shape index (κ2) is 8.46. The van der Waals surface area contributed by atoms with Crippen LogP contribution >= 0.6 is 24.8 Å². The minimum Gasteiger partial charge on any atom is -0.460 e. The van der Waals surface area contributed by atoms with Crippen LogP contribution in [0.4, 0.5) is 0 Å². The van der Waals surface area contributed by atoms with E-state index in [9.17, 15) is 4.79 Å². The van der Waals surface area contributed by atoms with Crippen LogP contribution in [0, 0.1) is 0 Å². The molecule has 0 saturated carbocycles. The highest BCUT2D eigenvalue weighted by Gasteiger charge is 2.14. The Morgan fingerprint density at radius 1 is 1.53 bits per heavy atom. The standard InChI is InChI=1S/C7H11N3O3.2ClH/c1-2-12-7(11)6-9-5(3-4-8)13-10-6;;/h2-4,8H2,1H3;2*1H. The molecule has 6 nitrogen and oxygen atoms in total. The van der Waals surface area contributed by atoms with Crippen LogP contribution in [0.3, 0.4) is 0 Å². The fourth-order valence-electron chi connectivity index (χ4n) is 0.758. The van der Waals surface area contributed by atoms with Gasteiger partial charge < -0.3 is 15.0 Å². The van der Waals surface area contributed by atoms with Gasteiger partial charge in [0, 0.05) is 13.0 Å². The molecule has 0 unspecified atom stereocenters. The summed E-state index contributed by atoms with van der Waals surface area (Å²) in [5.74, 6) is -0.273. The Balaban J connectivity index is 0. The molecule has 0 aliphatic carbocycles. The molecule has 8 heteroatoms. The van der Waals surface area contributed by atoms with E-state index in [0.717, 1.165) is 0 Å². The average molecular weight is 258 g/mol. The third-order valence-electron chi connectivity index (χ3n) is 1.28. The van der Waals surface area contributed by atoms with E-state index in [-0.39, 0.29) is 30.6 Å². The average Bonchev–Trinajstić information content (AvgIpc) is 2.54. The van der Waals surface area contributed by atoms with Crippen LogP contribution in [0.2, 0.25) is 0 Å². The molecule has 88 valence electrons. The lowest BCUT2D eigenvalue weighted by molar-refractivity contribution is 0.0508. The zero-order valence-electron chi connectivity index (χ0n) is 8.13. The van der Waals surface area contributed by atoms with E-state index in [1.165, 1.54) is 0 Å². The van der Waals surface area contributed by atoms with Gasteiger partial charge in [0.05, 0.1) is 6.61 Å². The normalized spacial score (nSPS) is 8.67. The molecule has 0 saturated heterocycles. The first-order chi connectivity index (χ1) is 6.27. The van der Waals surface area contributed by atoms with Gasteiger partial charge in [-0.1, -0.05) is 0 Å². The number of carbonyl (C=O) groups excluding carboxylic acids is 1. The van der Waals surface area contributed by atoms with Crippen LogP contribution in [0.25, 0.3) is 0 Å². The second-order valence-corrected chi connectivity index (χ2v) is 2.27. The van der Waals surface area contributed by atoms with Crippen LogP contribution in [-0.4, -0.2) is 29.3 Å². The zero-order chi connectivity index (χ0) is 9.68. The first kappa shape index (κ1) is 16.6. The van der Waals surface area contributed by atoms with Crippen LogP contribution in [-0.2, 0) is 11.2 Å². The number of esters is 1. The monoisotopic (exact) mass is 257 g/mol. The molecule has 1 rings (SSSR count). The third-order valence-corrected chi connectivity index (χ3v) is 1.28. The Morgan fingerprint density at radius 2 is 2.20 bits per heavy atom. The Hall–Kier alpha value is -0.850. The topological polar surface area (TPSA) is 91.2 Å². The van der Waals surface area contributed by atoms with Crippen LogP contribution in [0.1, 0.15) is 23.4 Å². The minimum atomic E-state index is -0.575. The van der Waals surface area contributed by atoms with E-state index in [1.54, 1.807) is 6.92 Å². The number of nitrogens with zero attached hydrogens (tertiary/aromatic N) is 2. The molecule has 0 aliphatic rings. The van der Waals surface area contributed by atoms with Gasteiger partial charge in [-0.15, -0.1) is 24.8 Å². The largest absolute Gasteiger partial charge is 0.460 e. The van der Waals surface area contributed by atoms with E-state index in [1.807, 2.05) is 0 Å². The van der Waals surface area contributed by atoms with Crippen molar-refractivity contribution in [1.29, 1.82) is 0 Å². The van der Waals surface area contributed by atoms with Crippen molar-refractivity contribution in [2.75, 3.05) is 13.2 Å². The highest BCUT2D eigenvalue weighted by Crippen LogP contribution is 1.99. The lowest BCUT2D eigenvalue weighted by atomic mass is 10.4. The fourth-order valence-corrected chi connectivity index (χ4v) is 0.758. The molecule has 1 aromatic heterocycles. The third kappa shape index (κ3) is 4.96. The van der Waals surface area contributed by atoms with E-state index in [0.29, 0.717) is 25.5 Å². The Morgan fingerprint density at radius 3 is 2.73 bits per heavy atom.